The fraction of sp³-hybridized carbons (Fsp3) is 1.00. The van der Waals surface area contributed by atoms with E-state index in [0.29, 0.717) is 5.41 Å². The first kappa shape index (κ1) is 15.4. The lowest BCUT2D eigenvalue weighted by molar-refractivity contribution is 0.0327. The van der Waals surface area contributed by atoms with Crippen LogP contribution in [0.1, 0.15) is 60.8 Å². The Labute approximate surface area is 84.9 Å². The van der Waals surface area contributed by atoms with Gasteiger partial charge in [0.15, 0.2) is 0 Å². The molecular formula is C12H28O. The van der Waals surface area contributed by atoms with Crippen molar-refractivity contribution in [1.82, 2.24) is 0 Å². The Morgan fingerprint density at radius 3 is 1.46 bits per heavy atom. The molecule has 1 aliphatic heterocycles. The largest absolute Gasteiger partial charge is 0.381 e. The predicted octanol–water partition coefficient (Wildman–Crippen LogP) is 4.27. The Morgan fingerprint density at radius 2 is 1.31 bits per heavy atom. The second kappa shape index (κ2) is 10.0. The highest BCUT2D eigenvalue weighted by Gasteiger charge is 2.20. The van der Waals surface area contributed by atoms with Gasteiger partial charge in [-0.3, -0.25) is 0 Å². The molecule has 13 heavy (non-hydrogen) atoms. The topological polar surface area (TPSA) is 9.23 Å². The molecule has 1 nitrogen and oxygen atoms in total. The summed E-state index contributed by atoms with van der Waals surface area (Å²) >= 11 is 0. The van der Waals surface area contributed by atoms with Gasteiger partial charge in [0, 0.05) is 13.2 Å². The van der Waals surface area contributed by atoms with Gasteiger partial charge in [-0.25, -0.2) is 0 Å². The van der Waals surface area contributed by atoms with Crippen molar-refractivity contribution < 1.29 is 4.74 Å². The third-order valence-corrected chi connectivity index (χ3v) is 1.85. The highest BCUT2D eigenvalue weighted by molar-refractivity contribution is 4.70. The number of rotatable bonds is 0. The van der Waals surface area contributed by atoms with E-state index in [1.807, 2.05) is 13.8 Å². The third kappa shape index (κ3) is 12.0. The van der Waals surface area contributed by atoms with Gasteiger partial charge in [-0.2, -0.15) is 0 Å². The third-order valence-electron chi connectivity index (χ3n) is 1.85. The molecule has 0 N–H and O–H groups in total. The molecular weight excluding hydrogens is 160 g/mol. The van der Waals surface area contributed by atoms with Crippen LogP contribution in [0.25, 0.3) is 0 Å². The molecule has 1 saturated heterocycles. The SMILES string of the molecule is CC.CC1(C)CCOCC1.CCC. The molecule has 0 aromatic heterocycles. The van der Waals surface area contributed by atoms with Crippen molar-refractivity contribution in [2.45, 2.75) is 60.8 Å². The van der Waals surface area contributed by atoms with Crippen LogP contribution < -0.4 is 0 Å². The van der Waals surface area contributed by atoms with E-state index in [-0.39, 0.29) is 0 Å². The van der Waals surface area contributed by atoms with Crippen molar-refractivity contribution in [2.24, 2.45) is 5.41 Å². The highest BCUT2D eigenvalue weighted by Crippen LogP contribution is 2.27. The van der Waals surface area contributed by atoms with E-state index in [2.05, 4.69) is 27.7 Å². The van der Waals surface area contributed by atoms with E-state index in [1.54, 1.807) is 0 Å². The zero-order valence-electron chi connectivity index (χ0n) is 10.4. The molecule has 0 aliphatic carbocycles. The molecule has 0 amide bonds. The lowest BCUT2D eigenvalue weighted by Crippen LogP contribution is -2.22. The summed E-state index contributed by atoms with van der Waals surface area (Å²) in [5, 5.41) is 0. The van der Waals surface area contributed by atoms with Crippen LogP contribution >= 0.6 is 0 Å². The van der Waals surface area contributed by atoms with Gasteiger partial charge >= 0.3 is 0 Å². The maximum Gasteiger partial charge on any atom is 0.0471 e. The van der Waals surface area contributed by atoms with Crippen molar-refractivity contribution >= 4 is 0 Å². The average molecular weight is 188 g/mol. The molecule has 0 spiro atoms. The molecule has 0 bridgehead atoms. The molecule has 0 unspecified atom stereocenters. The quantitative estimate of drug-likeness (QED) is 0.552. The number of hydrogen-bond acceptors (Lipinski definition) is 1. The van der Waals surface area contributed by atoms with Crippen molar-refractivity contribution in [1.29, 1.82) is 0 Å². The van der Waals surface area contributed by atoms with Crippen LogP contribution in [0.4, 0.5) is 0 Å². The summed E-state index contributed by atoms with van der Waals surface area (Å²) in [4.78, 5) is 0. The summed E-state index contributed by atoms with van der Waals surface area (Å²) in [5.74, 6) is 0. The summed E-state index contributed by atoms with van der Waals surface area (Å²) < 4.78 is 5.21. The number of hydrogen-bond donors (Lipinski definition) is 0. The summed E-state index contributed by atoms with van der Waals surface area (Å²) in [6.45, 7) is 14.8. The second-order valence-electron chi connectivity index (χ2n) is 3.98. The Hall–Kier alpha value is -0.0400. The lowest BCUT2D eigenvalue weighted by atomic mass is 9.85. The van der Waals surface area contributed by atoms with E-state index in [0.717, 1.165) is 13.2 Å². The normalized spacial score (nSPS) is 18.9. The summed E-state index contributed by atoms with van der Waals surface area (Å²) in [6.07, 6.45) is 3.71. The zero-order valence-corrected chi connectivity index (χ0v) is 10.4. The Balaban J connectivity index is 0. The molecule has 1 fully saturated rings. The van der Waals surface area contributed by atoms with E-state index < -0.39 is 0 Å². The second-order valence-corrected chi connectivity index (χ2v) is 3.98. The molecule has 1 aliphatic rings. The van der Waals surface area contributed by atoms with Gasteiger partial charge < -0.3 is 4.74 Å². The van der Waals surface area contributed by atoms with Crippen molar-refractivity contribution in [3.63, 3.8) is 0 Å². The first-order valence-electron chi connectivity index (χ1n) is 5.70. The Morgan fingerprint density at radius 1 is 1.00 bits per heavy atom. The summed E-state index contributed by atoms with van der Waals surface area (Å²) in [5.41, 5.74) is 0.554. The summed E-state index contributed by atoms with van der Waals surface area (Å²) in [7, 11) is 0. The maximum atomic E-state index is 5.21. The lowest BCUT2D eigenvalue weighted by Gasteiger charge is -2.28. The van der Waals surface area contributed by atoms with Gasteiger partial charge in [-0.05, 0) is 18.3 Å². The van der Waals surface area contributed by atoms with Gasteiger partial charge in [0.2, 0.25) is 0 Å². The molecule has 82 valence electrons. The molecule has 0 atom stereocenters. The van der Waals surface area contributed by atoms with Gasteiger partial charge in [0.25, 0.3) is 0 Å². The minimum Gasteiger partial charge on any atom is -0.381 e. The van der Waals surface area contributed by atoms with Crippen LogP contribution in [-0.4, -0.2) is 13.2 Å². The molecule has 1 heterocycles. The van der Waals surface area contributed by atoms with E-state index in [1.165, 1.54) is 19.3 Å². The van der Waals surface area contributed by atoms with E-state index in [9.17, 15) is 0 Å². The first-order chi connectivity index (χ1) is 6.12. The van der Waals surface area contributed by atoms with Gasteiger partial charge in [0.05, 0.1) is 0 Å². The van der Waals surface area contributed by atoms with E-state index in [4.69, 9.17) is 4.74 Å². The van der Waals surface area contributed by atoms with Gasteiger partial charge in [0.1, 0.15) is 0 Å². The monoisotopic (exact) mass is 188 g/mol. The number of ether oxygens (including phenoxy) is 1. The van der Waals surface area contributed by atoms with Crippen LogP contribution in [0.15, 0.2) is 0 Å². The van der Waals surface area contributed by atoms with E-state index >= 15 is 0 Å². The molecule has 0 radical (unpaired) electrons. The fourth-order valence-electron chi connectivity index (χ4n) is 0.924. The molecule has 1 heteroatoms. The fourth-order valence-corrected chi connectivity index (χ4v) is 0.924. The van der Waals surface area contributed by atoms with Crippen LogP contribution in [-0.2, 0) is 4.74 Å². The van der Waals surface area contributed by atoms with Crippen LogP contribution in [0.3, 0.4) is 0 Å². The van der Waals surface area contributed by atoms with Crippen LogP contribution in [0, 0.1) is 5.41 Å². The van der Waals surface area contributed by atoms with Crippen molar-refractivity contribution in [3.05, 3.63) is 0 Å². The predicted molar refractivity (Wildman–Crippen MR) is 61.1 cm³/mol. The Kier molecular flexibility index (Phi) is 11.9. The molecule has 0 aromatic carbocycles. The minimum absolute atomic E-state index is 0.554. The van der Waals surface area contributed by atoms with Crippen molar-refractivity contribution in [2.75, 3.05) is 13.2 Å². The highest BCUT2D eigenvalue weighted by atomic mass is 16.5. The smallest absolute Gasteiger partial charge is 0.0471 e. The van der Waals surface area contributed by atoms with Crippen LogP contribution in [0.2, 0.25) is 0 Å². The van der Waals surface area contributed by atoms with Gasteiger partial charge in [-0.1, -0.05) is 48.0 Å². The standard InChI is InChI=1S/C7H14O.C3H8.C2H6/c1-7(2)3-5-8-6-4-7;1-3-2;1-2/h3-6H2,1-2H3;3H2,1-2H3;1-2H3. The maximum absolute atomic E-state index is 5.21. The Bertz CT molecular complexity index is 79.1. The summed E-state index contributed by atoms with van der Waals surface area (Å²) in [6, 6.07) is 0. The molecule has 1 rings (SSSR count). The molecule has 0 aromatic rings. The minimum atomic E-state index is 0.554. The first-order valence-corrected chi connectivity index (χ1v) is 5.70. The zero-order chi connectivity index (χ0) is 10.7. The molecule has 0 saturated carbocycles. The average Bonchev–Trinajstić information content (AvgIpc) is 2.09. The van der Waals surface area contributed by atoms with Crippen molar-refractivity contribution in [3.8, 4) is 0 Å². The van der Waals surface area contributed by atoms with Gasteiger partial charge in [-0.15, -0.1) is 0 Å². The van der Waals surface area contributed by atoms with Crippen LogP contribution in [0.5, 0.6) is 0 Å².